The molecule has 7 heteroatoms. The molecule has 0 aliphatic heterocycles. The van der Waals surface area contributed by atoms with Crippen LogP contribution in [0.25, 0.3) is 11.1 Å². The molecule has 0 aromatic heterocycles. The van der Waals surface area contributed by atoms with E-state index in [1.54, 1.807) is 43.3 Å². The number of carbonyl (C=O) groups is 3. The highest BCUT2D eigenvalue weighted by Crippen LogP contribution is 2.47. The lowest BCUT2D eigenvalue weighted by Gasteiger charge is -2.10. The standard InChI is InChI=1S/C34H34O7/c1-5-32(35)40-26-14-16-28-29-17-15-27(21-31(29)23(4)30(28)20-26)41-34(37)24-10-12-25(13-11-24)38-18-8-6-7-9-19-39-33(36)22(2)3/h5,10-17,20-21,23H,1-2,6-9,18-19H2,3-4H3. The first kappa shape index (κ1) is 29.3. The van der Waals surface area contributed by atoms with Gasteiger partial charge in [0, 0.05) is 17.6 Å². The monoisotopic (exact) mass is 554 g/mol. The summed E-state index contributed by atoms with van der Waals surface area (Å²) in [6, 6.07) is 18.1. The molecule has 3 aromatic carbocycles. The zero-order valence-corrected chi connectivity index (χ0v) is 23.4. The number of ether oxygens (including phenoxy) is 4. The fourth-order valence-corrected chi connectivity index (χ4v) is 4.63. The molecule has 4 rings (SSSR count). The molecule has 1 atom stereocenters. The Hall–Kier alpha value is -4.65. The number of esters is 3. The van der Waals surface area contributed by atoms with Crippen LogP contribution in [-0.2, 0) is 14.3 Å². The molecule has 0 fully saturated rings. The highest BCUT2D eigenvalue weighted by Gasteiger charge is 2.27. The molecule has 0 saturated heterocycles. The van der Waals surface area contributed by atoms with Crippen molar-refractivity contribution in [2.75, 3.05) is 13.2 Å². The first-order chi connectivity index (χ1) is 19.8. The first-order valence-corrected chi connectivity index (χ1v) is 13.7. The van der Waals surface area contributed by atoms with E-state index in [4.69, 9.17) is 18.9 Å². The van der Waals surface area contributed by atoms with E-state index in [-0.39, 0.29) is 11.9 Å². The maximum absolute atomic E-state index is 12.8. The molecule has 1 aliphatic rings. The molecule has 41 heavy (non-hydrogen) atoms. The SMILES string of the molecule is C=CC(=O)Oc1ccc2c(c1)C(C)c1cc(OC(=O)c3ccc(OCCCCCCOC(=O)C(=C)C)cc3)ccc1-2. The van der Waals surface area contributed by atoms with Crippen LogP contribution in [0.2, 0.25) is 0 Å². The van der Waals surface area contributed by atoms with Gasteiger partial charge in [0.05, 0.1) is 18.8 Å². The third kappa shape index (κ3) is 7.51. The van der Waals surface area contributed by atoms with Gasteiger partial charge in [0.1, 0.15) is 17.2 Å². The molecule has 1 unspecified atom stereocenters. The molecule has 0 amide bonds. The summed E-state index contributed by atoms with van der Waals surface area (Å²) in [5, 5.41) is 0. The van der Waals surface area contributed by atoms with Crippen LogP contribution in [0.4, 0.5) is 0 Å². The molecule has 0 radical (unpaired) electrons. The quantitative estimate of drug-likeness (QED) is 0.0956. The van der Waals surface area contributed by atoms with Gasteiger partial charge >= 0.3 is 17.9 Å². The molecule has 0 heterocycles. The van der Waals surface area contributed by atoms with E-state index in [0.29, 0.717) is 41.6 Å². The number of benzene rings is 3. The second-order valence-electron chi connectivity index (χ2n) is 9.94. The molecular weight excluding hydrogens is 520 g/mol. The van der Waals surface area contributed by atoms with Gasteiger partial charge in [-0.05, 0) is 103 Å². The van der Waals surface area contributed by atoms with E-state index in [0.717, 1.165) is 54.0 Å². The average Bonchev–Trinajstić information content (AvgIpc) is 3.24. The summed E-state index contributed by atoms with van der Waals surface area (Å²) in [6.07, 6.45) is 4.72. The van der Waals surface area contributed by atoms with Gasteiger partial charge in [-0.25, -0.2) is 14.4 Å². The summed E-state index contributed by atoms with van der Waals surface area (Å²) >= 11 is 0. The maximum atomic E-state index is 12.8. The molecule has 0 bridgehead atoms. The molecule has 0 saturated carbocycles. The highest BCUT2D eigenvalue weighted by atomic mass is 16.5. The third-order valence-corrected chi connectivity index (χ3v) is 6.84. The smallest absolute Gasteiger partial charge is 0.343 e. The van der Waals surface area contributed by atoms with Gasteiger partial charge < -0.3 is 18.9 Å². The van der Waals surface area contributed by atoms with Crippen molar-refractivity contribution >= 4 is 17.9 Å². The Bertz CT molecular complexity index is 1450. The second-order valence-corrected chi connectivity index (χ2v) is 9.94. The fraction of sp³-hybridized carbons (Fsp3) is 0.265. The fourth-order valence-electron chi connectivity index (χ4n) is 4.63. The van der Waals surface area contributed by atoms with E-state index < -0.39 is 11.9 Å². The molecular formula is C34H34O7. The lowest BCUT2D eigenvalue weighted by atomic mass is 9.99. The van der Waals surface area contributed by atoms with Crippen LogP contribution in [-0.4, -0.2) is 31.1 Å². The number of rotatable bonds is 13. The van der Waals surface area contributed by atoms with Crippen LogP contribution < -0.4 is 14.2 Å². The zero-order chi connectivity index (χ0) is 29.4. The zero-order valence-electron chi connectivity index (χ0n) is 23.4. The summed E-state index contributed by atoms with van der Waals surface area (Å²) in [6.45, 7) is 11.6. The Morgan fingerprint density at radius 2 is 1.34 bits per heavy atom. The molecule has 3 aromatic rings. The number of carbonyl (C=O) groups excluding carboxylic acids is 3. The van der Waals surface area contributed by atoms with Crippen LogP contribution in [0.15, 0.2) is 85.5 Å². The van der Waals surface area contributed by atoms with Crippen LogP contribution in [0.5, 0.6) is 17.2 Å². The largest absolute Gasteiger partial charge is 0.494 e. The highest BCUT2D eigenvalue weighted by molar-refractivity contribution is 5.91. The summed E-state index contributed by atoms with van der Waals surface area (Å²) in [4.78, 5) is 35.7. The minimum Gasteiger partial charge on any atom is -0.494 e. The Morgan fingerprint density at radius 3 is 1.93 bits per heavy atom. The van der Waals surface area contributed by atoms with E-state index >= 15 is 0 Å². The van der Waals surface area contributed by atoms with Crippen molar-refractivity contribution in [1.82, 2.24) is 0 Å². The summed E-state index contributed by atoms with van der Waals surface area (Å²) in [5.41, 5.74) is 5.02. The van der Waals surface area contributed by atoms with Gasteiger partial charge in [0.25, 0.3) is 0 Å². The van der Waals surface area contributed by atoms with Crippen molar-refractivity contribution in [1.29, 1.82) is 0 Å². The summed E-state index contributed by atoms with van der Waals surface area (Å²) in [7, 11) is 0. The van der Waals surface area contributed by atoms with Crippen LogP contribution in [0.1, 0.15) is 66.9 Å². The van der Waals surface area contributed by atoms with E-state index in [9.17, 15) is 14.4 Å². The van der Waals surface area contributed by atoms with Gasteiger partial charge in [0.15, 0.2) is 0 Å². The van der Waals surface area contributed by atoms with Crippen LogP contribution >= 0.6 is 0 Å². The second kappa shape index (κ2) is 13.6. The molecule has 212 valence electrons. The minimum absolute atomic E-state index is 0.0385. The van der Waals surface area contributed by atoms with Crippen molar-refractivity contribution in [3.63, 3.8) is 0 Å². The van der Waals surface area contributed by atoms with Crippen LogP contribution in [0.3, 0.4) is 0 Å². The van der Waals surface area contributed by atoms with Crippen molar-refractivity contribution in [3.05, 3.63) is 102 Å². The number of unbranched alkanes of at least 4 members (excludes halogenated alkanes) is 3. The average molecular weight is 555 g/mol. The normalized spacial score (nSPS) is 13.0. The van der Waals surface area contributed by atoms with Crippen molar-refractivity contribution < 1.29 is 33.3 Å². The molecule has 0 spiro atoms. The lowest BCUT2D eigenvalue weighted by molar-refractivity contribution is -0.139. The Morgan fingerprint density at radius 1 is 0.780 bits per heavy atom. The maximum Gasteiger partial charge on any atom is 0.343 e. The lowest BCUT2D eigenvalue weighted by Crippen LogP contribution is -2.09. The van der Waals surface area contributed by atoms with Crippen LogP contribution in [0, 0.1) is 0 Å². The third-order valence-electron chi connectivity index (χ3n) is 6.84. The van der Waals surface area contributed by atoms with Gasteiger partial charge in [-0.3, -0.25) is 0 Å². The van der Waals surface area contributed by atoms with Crippen molar-refractivity contribution in [2.24, 2.45) is 0 Å². The van der Waals surface area contributed by atoms with Gasteiger partial charge in [-0.15, -0.1) is 0 Å². The summed E-state index contributed by atoms with van der Waals surface area (Å²) < 4.78 is 21.8. The Labute approximate surface area is 240 Å². The molecule has 7 nitrogen and oxygen atoms in total. The Kier molecular flexibility index (Phi) is 9.74. The number of hydrogen-bond acceptors (Lipinski definition) is 7. The molecule has 1 aliphatic carbocycles. The van der Waals surface area contributed by atoms with E-state index in [2.05, 4.69) is 20.1 Å². The van der Waals surface area contributed by atoms with Crippen molar-refractivity contribution in [2.45, 2.75) is 45.4 Å². The number of hydrogen-bond donors (Lipinski definition) is 0. The predicted octanol–water partition coefficient (Wildman–Crippen LogP) is 7.19. The molecule has 0 N–H and O–H groups in total. The van der Waals surface area contributed by atoms with Gasteiger partial charge in [-0.1, -0.05) is 32.2 Å². The van der Waals surface area contributed by atoms with E-state index in [1.807, 2.05) is 24.3 Å². The number of fused-ring (bicyclic) bond motifs is 3. The Balaban J connectivity index is 1.25. The topological polar surface area (TPSA) is 88.1 Å². The first-order valence-electron chi connectivity index (χ1n) is 13.7. The van der Waals surface area contributed by atoms with Gasteiger partial charge in [0.2, 0.25) is 0 Å². The van der Waals surface area contributed by atoms with E-state index in [1.165, 1.54) is 0 Å². The summed E-state index contributed by atoms with van der Waals surface area (Å²) in [5.74, 6) is 0.335. The predicted molar refractivity (Wildman–Crippen MR) is 156 cm³/mol. The minimum atomic E-state index is -0.505. The van der Waals surface area contributed by atoms with Crippen molar-refractivity contribution in [3.8, 4) is 28.4 Å². The van der Waals surface area contributed by atoms with Gasteiger partial charge in [-0.2, -0.15) is 0 Å².